The van der Waals surface area contributed by atoms with Crippen molar-refractivity contribution in [1.82, 2.24) is 5.32 Å². The average Bonchev–Trinajstić information content (AvgIpc) is 2.37. The van der Waals surface area contributed by atoms with Crippen molar-refractivity contribution in [3.63, 3.8) is 0 Å². The van der Waals surface area contributed by atoms with E-state index < -0.39 is 17.5 Å². The molecule has 0 fully saturated rings. The van der Waals surface area contributed by atoms with E-state index >= 15 is 0 Å². The molecule has 1 atom stereocenters. The highest BCUT2D eigenvalue weighted by Crippen LogP contribution is 2.01. The van der Waals surface area contributed by atoms with E-state index in [1.165, 1.54) is 0 Å². The minimum Gasteiger partial charge on any atom is -0.374 e. The minimum atomic E-state index is -1.03. The van der Waals surface area contributed by atoms with Crippen molar-refractivity contribution >= 4 is 12.2 Å². The molecule has 0 heterocycles. The third-order valence-electron chi connectivity index (χ3n) is 2.43. The molecule has 1 radical (unpaired) electrons. The van der Waals surface area contributed by atoms with Crippen molar-refractivity contribution in [2.24, 2.45) is 5.73 Å². The van der Waals surface area contributed by atoms with E-state index in [1.54, 1.807) is 20.1 Å². The van der Waals surface area contributed by atoms with Gasteiger partial charge in [-0.3, -0.25) is 9.59 Å². The Morgan fingerprint density at radius 3 is 2.58 bits per heavy atom. The van der Waals surface area contributed by atoms with E-state index in [0.717, 1.165) is 5.56 Å². The fourth-order valence-electron chi connectivity index (χ4n) is 1.32. The molecule has 0 aliphatic heterocycles. The third-order valence-corrected chi connectivity index (χ3v) is 2.43. The second-order valence-corrected chi connectivity index (χ2v) is 4.87. The molecule has 0 aliphatic carbocycles. The Labute approximate surface area is 113 Å². The molecule has 19 heavy (non-hydrogen) atoms. The van der Waals surface area contributed by atoms with Gasteiger partial charge in [-0.25, -0.2) is 0 Å². The Bertz CT molecular complexity index is 412. The van der Waals surface area contributed by atoms with Gasteiger partial charge in [-0.1, -0.05) is 30.3 Å². The number of hydrogen-bond donors (Lipinski definition) is 2. The number of rotatable bonds is 7. The summed E-state index contributed by atoms with van der Waals surface area (Å²) in [6.07, 6.45) is 1.73. The molecule has 1 unspecified atom stereocenters. The number of hydrogen-bond acceptors (Lipinski definition) is 4. The fraction of sp³-hybridized carbons (Fsp3) is 0.429. The number of nitrogens with two attached hydrogens (primary N) is 1. The van der Waals surface area contributed by atoms with E-state index in [1.807, 2.05) is 30.3 Å². The molecule has 3 N–H and O–H groups in total. The van der Waals surface area contributed by atoms with E-state index in [9.17, 15) is 9.59 Å². The fourth-order valence-corrected chi connectivity index (χ4v) is 1.32. The summed E-state index contributed by atoms with van der Waals surface area (Å²) in [5.41, 5.74) is 5.58. The summed E-state index contributed by atoms with van der Waals surface area (Å²) in [7, 11) is 0. The highest BCUT2D eigenvalue weighted by Gasteiger charge is 2.24. The number of nitrogens with one attached hydrogen (secondary N) is 1. The predicted octanol–water partition coefficient (Wildman–Crippen LogP) is 0.535. The van der Waals surface area contributed by atoms with Gasteiger partial charge in [-0.15, -0.1) is 0 Å². The van der Waals surface area contributed by atoms with Crippen LogP contribution in [0.5, 0.6) is 0 Å². The van der Waals surface area contributed by atoms with Gasteiger partial charge in [0.25, 0.3) is 0 Å². The third kappa shape index (κ3) is 5.63. The normalized spacial score (nSPS) is 12.8. The Morgan fingerprint density at radius 2 is 2.05 bits per heavy atom. The summed E-state index contributed by atoms with van der Waals surface area (Å²) in [6, 6.07) is 8.75. The Balaban J connectivity index is 2.37. The zero-order valence-electron chi connectivity index (χ0n) is 11.2. The maximum Gasteiger partial charge on any atom is 0.240 e. The SMILES string of the molecule is CC(C)(N)C(=O)NC([C]=O)COCc1ccccc1. The average molecular weight is 263 g/mol. The number of carbonyl (C=O) groups excluding carboxylic acids is 2. The zero-order valence-corrected chi connectivity index (χ0v) is 11.2. The summed E-state index contributed by atoms with van der Waals surface area (Å²) in [5, 5.41) is 2.48. The summed E-state index contributed by atoms with van der Waals surface area (Å²) < 4.78 is 5.37. The largest absolute Gasteiger partial charge is 0.374 e. The smallest absolute Gasteiger partial charge is 0.240 e. The van der Waals surface area contributed by atoms with Crippen molar-refractivity contribution in [1.29, 1.82) is 0 Å². The van der Waals surface area contributed by atoms with Crippen LogP contribution in [0, 0.1) is 0 Å². The zero-order chi connectivity index (χ0) is 14.3. The van der Waals surface area contributed by atoms with Crippen molar-refractivity contribution in [3.8, 4) is 0 Å². The van der Waals surface area contributed by atoms with Gasteiger partial charge >= 0.3 is 0 Å². The molecule has 1 aromatic carbocycles. The van der Waals surface area contributed by atoms with Gasteiger partial charge in [0.05, 0.1) is 18.8 Å². The summed E-state index contributed by atoms with van der Waals surface area (Å²) in [4.78, 5) is 22.3. The van der Waals surface area contributed by atoms with Gasteiger partial charge in [-0.2, -0.15) is 0 Å². The first-order chi connectivity index (χ1) is 8.93. The van der Waals surface area contributed by atoms with Gasteiger partial charge in [0.1, 0.15) is 6.04 Å². The molecule has 1 rings (SSSR count). The van der Waals surface area contributed by atoms with Crippen LogP contribution in [0.3, 0.4) is 0 Å². The second kappa shape index (κ2) is 7.01. The monoisotopic (exact) mass is 263 g/mol. The molecular formula is C14H19N2O3. The molecule has 1 aromatic rings. The van der Waals surface area contributed by atoms with Gasteiger partial charge in [0, 0.05) is 0 Å². The van der Waals surface area contributed by atoms with Crippen LogP contribution >= 0.6 is 0 Å². The molecule has 1 amide bonds. The highest BCUT2D eigenvalue weighted by atomic mass is 16.5. The van der Waals surface area contributed by atoms with E-state index in [4.69, 9.17) is 10.5 Å². The lowest BCUT2D eigenvalue weighted by molar-refractivity contribution is -0.125. The molecule has 0 aliphatic rings. The molecule has 0 saturated heterocycles. The number of carbonyl (C=O) groups is 1. The second-order valence-electron chi connectivity index (χ2n) is 4.87. The number of ether oxygens (including phenoxy) is 1. The molecule has 5 heteroatoms. The van der Waals surface area contributed by atoms with E-state index in [2.05, 4.69) is 5.32 Å². The summed E-state index contributed by atoms with van der Waals surface area (Å²) in [6.45, 7) is 3.57. The number of amides is 1. The maximum atomic E-state index is 11.6. The molecule has 0 aromatic heterocycles. The molecule has 0 spiro atoms. The van der Waals surface area contributed by atoms with Gasteiger partial charge in [-0.05, 0) is 19.4 Å². The molecule has 5 nitrogen and oxygen atoms in total. The van der Waals surface area contributed by atoms with E-state index in [0.29, 0.717) is 6.61 Å². The number of benzene rings is 1. The van der Waals surface area contributed by atoms with Crippen molar-refractivity contribution in [2.45, 2.75) is 32.0 Å². The first kappa shape index (κ1) is 15.3. The molecule has 103 valence electrons. The Hall–Kier alpha value is -1.72. The molecular weight excluding hydrogens is 244 g/mol. The standard InChI is InChI=1S/C14H19N2O3/c1-14(2,15)13(18)16-12(8-17)10-19-9-11-6-4-3-5-7-11/h3-7,12H,9-10,15H2,1-2H3,(H,16,18). The first-order valence-corrected chi connectivity index (χ1v) is 6.02. The van der Waals surface area contributed by atoms with Crippen molar-refractivity contribution in [3.05, 3.63) is 35.9 Å². The lowest BCUT2D eigenvalue weighted by Crippen LogP contribution is -2.53. The first-order valence-electron chi connectivity index (χ1n) is 6.02. The van der Waals surface area contributed by atoms with Gasteiger partial charge in [0.2, 0.25) is 12.2 Å². The summed E-state index contributed by atoms with van der Waals surface area (Å²) >= 11 is 0. The predicted molar refractivity (Wildman–Crippen MR) is 72.0 cm³/mol. The van der Waals surface area contributed by atoms with Crippen molar-refractivity contribution < 1.29 is 14.3 Å². The lowest BCUT2D eigenvalue weighted by atomic mass is 10.1. The molecule has 0 bridgehead atoms. The lowest BCUT2D eigenvalue weighted by Gasteiger charge is -2.20. The maximum absolute atomic E-state index is 11.6. The van der Waals surface area contributed by atoms with Crippen LogP contribution in [0.2, 0.25) is 0 Å². The Kier molecular flexibility index (Phi) is 5.66. The quantitative estimate of drug-likeness (QED) is 0.752. The van der Waals surface area contributed by atoms with Crippen LogP contribution in [0.15, 0.2) is 30.3 Å². The van der Waals surface area contributed by atoms with Crippen molar-refractivity contribution in [2.75, 3.05) is 6.61 Å². The van der Waals surface area contributed by atoms with Crippen LogP contribution in [0.1, 0.15) is 19.4 Å². The van der Waals surface area contributed by atoms with Crippen LogP contribution < -0.4 is 11.1 Å². The molecule has 0 saturated carbocycles. The van der Waals surface area contributed by atoms with Crippen LogP contribution in [-0.2, 0) is 20.9 Å². The minimum absolute atomic E-state index is 0.0697. The van der Waals surface area contributed by atoms with Crippen LogP contribution in [-0.4, -0.2) is 30.4 Å². The van der Waals surface area contributed by atoms with Gasteiger partial charge < -0.3 is 15.8 Å². The Morgan fingerprint density at radius 1 is 1.42 bits per heavy atom. The topological polar surface area (TPSA) is 81.4 Å². The van der Waals surface area contributed by atoms with Crippen LogP contribution in [0.4, 0.5) is 0 Å². The van der Waals surface area contributed by atoms with E-state index in [-0.39, 0.29) is 6.61 Å². The van der Waals surface area contributed by atoms with Crippen LogP contribution in [0.25, 0.3) is 0 Å². The van der Waals surface area contributed by atoms with Gasteiger partial charge in [0.15, 0.2) is 0 Å². The summed E-state index contributed by atoms with van der Waals surface area (Å²) in [5.74, 6) is -0.413. The highest BCUT2D eigenvalue weighted by molar-refractivity contribution is 5.87.